The van der Waals surface area contributed by atoms with E-state index in [1.807, 2.05) is 0 Å². The van der Waals surface area contributed by atoms with Crippen LogP contribution in [-0.2, 0) is 9.53 Å². The predicted octanol–water partition coefficient (Wildman–Crippen LogP) is 7.32. The number of aliphatic carboxylic acids is 1. The highest BCUT2D eigenvalue weighted by molar-refractivity contribution is 5.79. The second-order valence-corrected chi connectivity index (χ2v) is 8.49. The lowest BCUT2D eigenvalue weighted by atomic mass is 9.63. The van der Waals surface area contributed by atoms with E-state index in [2.05, 4.69) is 32.9 Å². The maximum atomic E-state index is 12.6. The summed E-state index contributed by atoms with van der Waals surface area (Å²) < 4.78 is 5.36. The molecule has 0 fully saturated rings. The van der Waals surface area contributed by atoms with Gasteiger partial charge in [0.25, 0.3) is 0 Å². The number of allylic oxidation sites excluding steroid dienone is 3. The number of rotatable bonds is 16. The summed E-state index contributed by atoms with van der Waals surface area (Å²) in [6.45, 7) is 7.21. The molecule has 0 aromatic rings. The highest BCUT2D eigenvalue weighted by Gasteiger charge is 2.46. The maximum Gasteiger partial charge on any atom is 0.314 e. The second kappa shape index (κ2) is 14.0. The first kappa shape index (κ1) is 24.9. The molecular weight excluding hydrogens is 348 g/mol. The summed E-state index contributed by atoms with van der Waals surface area (Å²) in [5, 5.41) is 10.4. The monoisotopic (exact) mass is 392 g/mol. The van der Waals surface area contributed by atoms with Crippen LogP contribution in [0, 0.1) is 11.3 Å². The third-order valence-electron chi connectivity index (χ3n) is 6.16. The van der Waals surface area contributed by atoms with Gasteiger partial charge in [0, 0.05) is 19.6 Å². The second-order valence-electron chi connectivity index (χ2n) is 8.49. The molecule has 0 aromatic heterocycles. The molecule has 0 bridgehead atoms. The standard InChI is InChI=1S/C25H44O3/c1-5-8-9-10-11-12-13-17-25(24(26)27)20-21(14-6-2)19-22(15-7-3)23(25)16-18-28-4/h19-20,23H,5-18H2,1-4H3,(H,26,27). The van der Waals surface area contributed by atoms with E-state index in [1.54, 1.807) is 7.11 Å². The molecule has 0 spiro atoms. The van der Waals surface area contributed by atoms with Crippen molar-refractivity contribution < 1.29 is 14.6 Å². The van der Waals surface area contributed by atoms with Gasteiger partial charge in [-0.2, -0.15) is 0 Å². The van der Waals surface area contributed by atoms with Crippen molar-refractivity contribution >= 4 is 5.97 Å². The summed E-state index contributed by atoms with van der Waals surface area (Å²) >= 11 is 0. The molecule has 1 aliphatic carbocycles. The Morgan fingerprint density at radius 3 is 2.21 bits per heavy atom. The van der Waals surface area contributed by atoms with Gasteiger partial charge in [0.05, 0.1) is 5.41 Å². The van der Waals surface area contributed by atoms with Crippen LogP contribution >= 0.6 is 0 Å². The normalized spacial score (nSPS) is 22.1. The number of hydrogen-bond donors (Lipinski definition) is 1. The summed E-state index contributed by atoms with van der Waals surface area (Å²) in [5.74, 6) is -0.583. The highest BCUT2D eigenvalue weighted by Crippen LogP contribution is 2.47. The van der Waals surface area contributed by atoms with Gasteiger partial charge in [-0.3, -0.25) is 4.79 Å². The molecule has 2 unspecified atom stereocenters. The van der Waals surface area contributed by atoms with Gasteiger partial charge >= 0.3 is 5.97 Å². The molecule has 0 radical (unpaired) electrons. The Morgan fingerprint density at radius 2 is 1.64 bits per heavy atom. The SMILES string of the molecule is CCCCCCCCCC1(C(=O)O)C=C(CCC)C=C(CCC)C1CCOC. The Hall–Kier alpha value is -1.09. The molecule has 162 valence electrons. The Balaban J connectivity index is 2.98. The summed E-state index contributed by atoms with van der Waals surface area (Å²) in [6, 6.07) is 0. The van der Waals surface area contributed by atoms with Crippen LogP contribution in [-0.4, -0.2) is 24.8 Å². The van der Waals surface area contributed by atoms with Gasteiger partial charge in [0.2, 0.25) is 0 Å². The lowest BCUT2D eigenvalue weighted by molar-refractivity contribution is -0.149. The van der Waals surface area contributed by atoms with Crippen LogP contribution in [0.15, 0.2) is 23.3 Å². The lowest BCUT2D eigenvalue weighted by Gasteiger charge is -2.40. The molecule has 0 aliphatic heterocycles. The van der Waals surface area contributed by atoms with E-state index in [0.717, 1.165) is 51.4 Å². The maximum absolute atomic E-state index is 12.6. The molecule has 0 aromatic carbocycles. The van der Waals surface area contributed by atoms with Gasteiger partial charge in [-0.1, -0.05) is 102 Å². The van der Waals surface area contributed by atoms with E-state index >= 15 is 0 Å². The van der Waals surface area contributed by atoms with E-state index in [-0.39, 0.29) is 5.92 Å². The number of carboxylic acid groups (broad SMARTS) is 1. The fourth-order valence-corrected chi connectivity index (χ4v) is 4.73. The average Bonchev–Trinajstić information content (AvgIpc) is 2.67. The predicted molar refractivity (Wildman–Crippen MR) is 119 cm³/mol. The number of unbranched alkanes of at least 4 members (excludes halogenated alkanes) is 6. The van der Waals surface area contributed by atoms with E-state index in [0.29, 0.717) is 6.61 Å². The molecule has 0 saturated carbocycles. The van der Waals surface area contributed by atoms with Crippen LogP contribution < -0.4 is 0 Å². The Labute approximate surface area is 173 Å². The van der Waals surface area contributed by atoms with Gasteiger partial charge in [0.1, 0.15) is 0 Å². The molecule has 0 heterocycles. The summed E-state index contributed by atoms with van der Waals surface area (Å²) in [7, 11) is 1.71. The zero-order chi connectivity index (χ0) is 20.8. The van der Waals surface area contributed by atoms with Crippen LogP contribution in [0.25, 0.3) is 0 Å². The van der Waals surface area contributed by atoms with Crippen LogP contribution in [0.4, 0.5) is 0 Å². The van der Waals surface area contributed by atoms with E-state index < -0.39 is 11.4 Å². The first-order chi connectivity index (χ1) is 13.6. The molecular formula is C25H44O3. The van der Waals surface area contributed by atoms with Crippen molar-refractivity contribution in [3.8, 4) is 0 Å². The van der Waals surface area contributed by atoms with E-state index in [9.17, 15) is 9.90 Å². The van der Waals surface area contributed by atoms with Crippen molar-refractivity contribution in [1.82, 2.24) is 0 Å². The summed E-state index contributed by atoms with van der Waals surface area (Å²) in [5.41, 5.74) is 1.80. The van der Waals surface area contributed by atoms with Gasteiger partial charge < -0.3 is 9.84 Å². The van der Waals surface area contributed by atoms with Crippen LogP contribution in [0.1, 0.15) is 104 Å². The minimum Gasteiger partial charge on any atom is -0.481 e. The Kier molecular flexibility index (Phi) is 12.5. The molecule has 1 N–H and O–H groups in total. The van der Waals surface area contributed by atoms with Crippen molar-refractivity contribution in [3.05, 3.63) is 23.3 Å². The zero-order valence-corrected chi connectivity index (χ0v) is 18.9. The molecule has 2 atom stereocenters. The molecule has 3 heteroatoms. The molecule has 3 nitrogen and oxygen atoms in total. The average molecular weight is 393 g/mol. The van der Waals surface area contributed by atoms with Crippen LogP contribution in [0.2, 0.25) is 0 Å². The third kappa shape index (κ3) is 7.39. The summed E-state index contributed by atoms with van der Waals surface area (Å²) in [4.78, 5) is 12.6. The van der Waals surface area contributed by atoms with Gasteiger partial charge in [-0.15, -0.1) is 0 Å². The minimum atomic E-state index is -0.758. The van der Waals surface area contributed by atoms with Crippen molar-refractivity contribution in [2.45, 2.75) is 104 Å². The first-order valence-electron chi connectivity index (χ1n) is 11.7. The zero-order valence-electron chi connectivity index (χ0n) is 18.9. The fraction of sp³-hybridized carbons (Fsp3) is 0.800. The molecule has 28 heavy (non-hydrogen) atoms. The van der Waals surface area contributed by atoms with Crippen LogP contribution in [0.3, 0.4) is 0 Å². The Bertz CT molecular complexity index is 506. The number of carbonyl (C=O) groups is 1. The van der Waals surface area contributed by atoms with Crippen molar-refractivity contribution in [2.75, 3.05) is 13.7 Å². The molecule has 1 rings (SSSR count). The molecule has 0 saturated heterocycles. The molecule has 1 aliphatic rings. The van der Waals surface area contributed by atoms with Crippen LogP contribution in [0.5, 0.6) is 0 Å². The fourth-order valence-electron chi connectivity index (χ4n) is 4.73. The Morgan fingerprint density at radius 1 is 1.00 bits per heavy atom. The number of carboxylic acids is 1. The molecule has 0 amide bonds. The van der Waals surface area contributed by atoms with Crippen molar-refractivity contribution in [1.29, 1.82) is 0 Å². The number of hydrogen-bond acceptors (Lipinski definition) is 2. The number of ether oxygens (including phenoxy) is 1. The third-order valence-corrected chi connectivity index (χ3v) is 6.16. The van der Waals surface area contributed by atoms with Gasteiger partial charge in [0.15, 0.2) is 0 Å². The lowest BCUT2D eigenvalue weighted by Crippen LogP contribution is -2.40. The number of methoxy groups -OCH3 is 1. The topological polar surface area (TPSA) is 46.5 Å². The van der Waals surface area contributed by atoms with E-state index in [1.165, 1.54) is 43.3 Å². The summed E-state index contributed by atoms with van der Waals surface area (Å²) in [6.07, 6.45) is 18.6. The smallest absolute Gasteiger partial charge is 0.314 e. The quantitative estimate of drug-likeness (QED) is 0.280. The highest BCUT2D eigenvalue weighted by atomic mass is 16.5. The van der Waals surface area contributed by atoms with Crippen molar-refractivity contribution in [3.63, 3.8) is 0 Å². The van der Waals surface area contributed by atoms with Gasteiger partial charge in [-0.25, -0.2) is 0 Å². The van der Waals surface area contributed by atoms with E-state index in [4.69, 9.17) is 4.74 Å². The first-order valence-corrected chi connectivity index (χ1v) is 11.7. The largest absolute Gasteiger partial charge is 0.481 e. The minimum absolute atomic E-state index is 0.0607. The van der Waals surface area contributed by atoms with Gasteiger partial charge in [-0.05, 0) is 25.7 Å². The van der Waals surface area contributed by atoms with Crippen molar-refractivity contribution in [2.24, 2.45) is 11.3 Å².